The van der Waals surface area contributed by atoms with E-state index in [1.165, 1.54) is 0 Å². The summed E-state index contributed by atoms with van der Waals surface area (Å²) in [7, 11) is 0. The van der Waals surface area contributed by atoms with Crippen molar-refractivity contribution in [1.29, 1.82) is 0 Å². The lowest BCUT2D eigenvalue weighted by molar-refractivity contribution is -0.0652. The average Bonchev–Trinajstić information content (AvgIpc) is 1.27. The molecule has 0 aromatic heterocycles. The summed E-state index contributed by atoms with van der Waals surface area (Å²) in [6.45, 7) is 0. The summed E-state index contributed by atoms with van der Waals surface area (Å²) in [6, 6.07) is 0. The van der Waals surface area contributed by atoms with E-state index in [4.69, 9.17) is 0 Å². The van der Waals surface area contributed by atoms with Crippen LogP contribution in [0.3, 0.4) is 0 Å². The highest BCUT2D eigenvalue weighted by atomic mass is 79.9. The van der Waals surface area contributed by atoms with Crippen molar-refractivity contribution in [1.82, 2.24) is 0 Å². The fourth-order valence-corrected chi connectivity index (χ4v) is 1.54. The number of halogens is 3. The van der Waals surface area contributed by atoms with Crippen molar-refractivity contribution in [2.24, 2.45) is 0 Å². The van der Waals surface area contributed by atoms with Gasteiger partial charge in [0.1, 0.15) is 0 Å². The predicted octanol–water partition coefficient (Wildman–Crippen LogP) is 2.18. The Hall–Kier alpha value is 0.340. The molecule has 0 heterocycles. The molecule has 0 atom stereocenters. The molecule has 0 aromatic rings. The normalized spacial score (nSPS) is 29.6. The van der Waals surface area contributed by atoms with Crippen molar-refractivity contribution in [3.8, 4) is 0 Å². The molecule has 0 nitrogen and oxygen atoms in total. The standard InChI is InChI=1S/C4H5BrF2/c5-3-1-4(6,7)2-3/h3H,1-2H2. The van der Waals surface area contributed by atoms with Gasteiger partial charge in [-0.1, -0.05) is 15.9 Å². The van der Waals surface area contributed by atoms with Gasteiger partial charge in [0.25, 0.3) is 0 Å². The highest BCUT2D eigenvalue weighted by Crippen LogP contribution is 2.41. The van der Waals surface area contributed by atoms with Crippen molar-refractivity contribution in [3.05, 3.63) is 0 Å². The Kier molecular flexibility index (Phi) is 1.10. The van der Waals surface area contributed by atoms with Crippen LogP contribution in [0.25, 0.3) is 0 Å². The van der Waals surface area contributed by atoms with Crippen LogP contribution >= 0.6 is 15.9 Å². The van der Waals surface area contributed by atoms with Crippen molar-refractivity contribution in [2.45, 2.75) is 23.6 Å². The van der Waals surface area contributed by atoms with Crippen LogP contribution in [-0.2, 0) is 0 Å². The van der Waals surface area contributed by atoms with Crippen LogP contribution in [0.2, 0.25) is 0 Å². The Morgan fingerprint density at radius 1 is 1.43 bits per heavy atom. The summed E-state index contributed by atoms with van der Waals surface area (Å²) in [5, 5.41) is 0. The van der Waals surface area contributed by atoms with Crippen molar-refractivity contribution in [2.75, 3.05) is 0 Å². The third-order valence-electron chi connectivity index (χ3n) is 1.04. The van der Waals surface area contributed by atoms with Gasteiger partial charge in [0.05, 0.1) is 0 Å². The molecule has 1 aliphatic rings. The molecule has 1 rings (SSSR count). The molecular weight excluding hydrogens is 166 g/mol. The van der Waals surface area contributed by atoms with E-state index < -0.39 is 5.92 Å². The lowest BCUT2D eigenvalue weighted by Gasteiger charge is -2.30. The Balaban J connectivity index is 2.29. The predicted molar refractivity (Wildman–Crippen MR) is 26.9 cm³/mol. The van der Waals surface area contributed by atoms with E-state index >= 15 is 0 Å². The van der Waals surface area contributed by atoms with Crippen LogP contribution in [0.15, 0.2) is 0 Å². The van der Waals surface area contributed by atoms with E-state index in [9.17, 15) is 8.78 Å². The zero-order valence-electron chi connectivity index (χ0n) is 3.63. The minimum absolute atomic E-state index is 0.0208. The van der Waals surface area contributed by atoms with Gasteiger partial charge in [-0.2, -0.15) is 0 Å². The molecule has 1 saturated carbocycles. The molecule has 0 amide bonds. The van der Waals surface area contributed by atoms with Crippen molar-refractivity contribution in [3.63, 3.8) is 0 Å². The zero-order chi connectivity index (χ0) is 5.49. The first-order valence-corrected chi connectivity index (χ1v) is 3.04. The SMILES string of the molecule is FC1(F)CC(Br)C1. The van der Waals surface area contributed by atoms with Gasteiger partial charge in [0, 0.05) is 17.7 Å². The quantitative estimate of drug-likeness (QED) is 0.490. The maximum Gasteiger partial charge on any atom is 0.250 e. The van der Waals surface area contributed by atoms with E-state index in [1.807, 2.05) is 0 Å². The molecule has 0 bridgehead atoms. The molecule has 42 valence electrons. The molecule has 7 heavy (non-hydrogen) atoms. The maximum atomic E-state index is 11.8. The first kappa shape index (κ1) is 5.48. The van der Waals surface area contributed by atoms with Gasteiger partial charge in [-0.15, -0.1) is 0 Å². The number of hydrogen-bond donors (Lipinski definition) is 0. The molecule has 0 radical (unpaired) electrons. The van der Waals surface area contributed by atoms with Crippen LogP contribution in [0.1, 0.15) is 12.8 Å². The smallest absolute Gasteiger partial charge is 0.207 e. The molecule has 0 aliphatic heterocycles. The van der Waals surface area contributed by atoms with Crippen LogP contribution < -0.4 is 0 Å². The largest absolute Gasteiger partial charge is 0.250 e. The molecule has 0 N–H and O–H groups in total. The second-order valence-corrected chi connectivity index (χ2v) is 3.16. The van der Waals surface area contributed by atoms with E-state index in [1.54, 1.807) is 0 Å². The first-order valence-electron chi connectivity index (χ1n) is 2.12. The van der Waals surface area contributed by atoms with E-state index in [0.717, 1.165) is 0 Å². The molecular formula is C4H5BrF2. The highest BCUT2D eigenvalue weighted by Gasteiger charge is 2.43. The molecule has 0 saturated heterocycles. The van der Waals surface area contributed by atoms with Crippen LogP contribution in [-0.4, -0.2) is 10.7 Å². The highest BCUT2D eigenvalue weighted by molar-refractivity contribution is 9.09. The summed E-state index contributed by atoms with van der Waals surface area (Å²) in [4.78, 5) is 0.0718. The molecule has 3 heteroatoms. The Morgan fingerprint density at radius 2 is 1.86 bits per heavy atom. The molecule has 1 aliphatic carbocycles. The molecule has 1 fully saturated rings. The lowest BCUT2D eigenvalue weighted by atomic mass is 9.95. The summed E-state index contributed by atoms with van der Waals surface area (Å²) < 4.78 is 23.5. The zero-order valence-corrected chi connectivity index (χ0v) is 5.21. The fraction of sp³-hybridized carbons (Fsp3) is 1.00. The molecule has 0 aromatic carbocycles. The first-order chi connectivity index (χ1) is 3.10. The minimum atomic E-state index is -2.35. The van der Waals surface area contributed by atoms with Gasteiger partial charge in [-0.25, -0.2) is 8.78 Å². The van der Waals surface area contributed by atoms with E-state index in [0.29, 0.717) is 0 Å². The van der Waals surface area contributed by atoms with Gasteiger partial charge < -0.3 is 0 Å². The molecule has 0 unspecified atom stereocenters. The summed E-state index contributed by atoms with van der Waals surface area (Å²) in [5.74, 6) is -2.35. The topological polar surface area (TPSA) is 0 Å². The maximum absolute atomic E-state index is 11.8. The minimum Gasteiger partial charge on any atom is -0.207 e. The van der Waals surface area contributed by atoms with Gasteiger partial charge in [-0.3, -0.25) is 0 Å². The van der Waals surface area contributed by atoms with Crippen LogP contribution in [0, 0.1) is 0 Å². The molecule has 0 spiro atoms. The van der Waals surface area contributed by atoms with Crippen molar-refractivity contribution < 1.29 is 8.78 Å². The third kappa shape index (κ3) is 1.12. The van der Waals surface area contributed by atoms with Gasteiger partial charge in [0.2, 0.25) is 5.92 Å². The number of hydrogen-bond acceptors (Lipinski definition) is 0. The third-order valence-corrected chi connectivity index (χ3v) is 1.69. The van der Waals surface area contributed by atoms with E-state index in [-0.39, 0.29) is 17.7 Å². The number of rotatable bonds is 0. The average molecular weight is 171 g/mol. The van der Waals surface area contributed by atoms with Gasteiger partial charge in [-0.05, 0) is 0 Å². The van der Waals surface area contributed by atoms with Gasteiger partial charge >= 0.3 is 0 Å². The Bertz CT molecular complexity index is 73.8. The van der Waals surface area contributed by atoms with E-state index in [2.05, 4.69) is 15.9 Å². The monoisotopic (exact) mass is 170 g/mol. The Labute approximate surface area is 49.0 Å². The van der Waals surface area contributed by atoms with Crippen LogP contribution in [0.5, 0.6) is 0 Å². The van der Waals surface area contributed by atoms with Crippen LogP contribution in [0.4, 0.5) is 8.78 Å². The summed E-state index contributed by atoms with van der Waals surface area (Å²) >= 11 is 3.06. The summed E-state index contributed by atoms with van der Waals surface area (Å²) in [5.41, 5.74) is 0. The van der Waals surface area contributed by atoms with Crippen molar-refractivity contribution >= 4 is 15.9 Å². The number of alkyl halides is 3. The second-order valence-electron chi connectivity index (χ2n) is 1.86. The van der Waals surface area contributed by atoms with Gasteiger partial charge in [0.15, 0.2) is 0 Å². The second kappa shape index (κ2) is 1.41. The Morgan fingerprint density at radius 3 is 1.86 bits per heavy atom. The lowest BCUT2D eigenvalue weighted by Crippen LogP contribution is -2.35. The fourth-order valence-electron chi connectivity index (χ4n) is 0.588. The summed E-state index contributed by atoms with van der Waals surface area (Å²) in [6.07, 6.45) is 0.0417.